The molecule has 11 atom stereocenters. The van der Waals surface area contributed by atoms with Crippen molar-refractivity contribution in [3.05, 3.63) is 30.0 Å². The average Bonchev–Trinajstić information content (AvgIpc) is 2.04. The van der Waals surface area contributed by atoms with E-state index in [1.807, 2.05) is 33.9 Å². The summed E-state index contributed by atoms with van der Waals surface area (Å²) in [5.74, 6) is -7.80. The van der Waals surface area contributed by atoms with Gasteiger partial charge in [-0.25, -0.2) is 4.98 Å². The van der Waals surface area contributed by atoms with Gasteiger partial charge in [0, 0.05) is 63.3 Å². The smallest absolute Gasteiger partial charge is 0.300 e. The van der Waals surface area contributed by atoms with Crippen LogP contribution in [-0.2, 0) is 59.2 Å². The number of aliphatic carboxylic acids is 1. The maximum Gasteiger partial charge on any atom is 0.300 e. The number of rotatable bonds is 32. The number of aliphatic hydroxyl groups excluding tert-OH is 2. The molecule has 508 valence electrons. The van der Waals surface area contributed by atoms with Crippen molar-refractivity contribution >= 4 is 71.0 Å². The van der Waals surface area contributed by atoms with E-state index in [1.165, 1.54) is 17.4 Å². The number of hydrogen-bond donors (Lipinski definition) is 16. The molecule has 5 aliphatic rings. The summed E-state index contributed by atoms with van der Waals surface area (Å²) < 4.78 is 0. The zero-order valence-electron chi connectivity index (χ0n) is 53.5. The molecule has 30 heteroatoms. The Morgan fingerprint density at radius 3 is 1.84 bits per heavy atom. The number of aliphatic imine (C=N–C) groups is 1. The van der Waals surface area contributed by atoms with Crippen molar-refractivity contribution in [2.45, 2.75) is 230 Å². The van der Waals surface area contributed by atoms with Gasteiger partial charge in [-0.15, -0.1) is 0 Å². The molecule has 1 aromatic rings. The van der Waals surface area contributed by atoms with Crippen molar-refractivity contribution in [2.75, 3.05) is 26.2 Å². The lowest BCUT2D eigenvalue weighted by Crippen LogP contribution is -2.61. The molecule has 4 heterocycles. The number of aliphatic hydroxyl groups is 2. The van der Waals surface area contributed by atoms with E-state index < -0.39 is 120 Å². The SMILES string of the molecule is CC(=O)O.CCNC(=O)C1CCCN1C(=O)C(CCCN=C(N)N)NC(=O)C(CC(C)C)NC(=O)C(CC(C)C)NC(=O)C(CC1CCC(O)CC1)NC(=O)C(CO)NC(=O)C(CC1=CNC2CCCCC12)NC(=O)C(Cc1cnc[nH]1)NC(=O)C1CCC(=O)N1. The van der Waals surface area contributed by atoms with Crippen molar-refractivity contribution in [1.29, 1.82) is 0 Å². The van der Waals surface area contributed by atoms with E-state index in [1.54, 1.807) is 6.92 Å². The lowest BCUT2D eigenvalue weighted by molar-refractivity contribution is -0.142. The average molecular weight is 1280 g/mol. The number of imidazole rings is 1. The number of H-pyrrole nitrogens is 1. The topological polar surface area (TPSA) is 465 Å². The van der Waals surface area contributed by atoms with Gasteiger partial charge in [0.2, 0.25) is 59.1 Å². The van der Waals surface area contributed by atoms with Crippen molar-refractivity contribution in [3.8, 4) is 0 Å². The molecule has 0 aromatic carbocycles. The van der Waals surface area contributed by atoms with Gasteiger partial charge >= 0.3 is 0 Å². The number of likely N-dealkylation sites (tertiary alicyclic amines) is 1. The van der Waals surface area contributed by atoms with Gasteiger partial charge in [0.05, 0.1) is 19.0 Å². The molecular formula is C61H100N16O14. The number of guanidine groups is 1. The summed E-state index contributed by atoms with van der Waals surface area (Å²) in [6, 6.07) is -10.7. The fraction of sp³-hybridized carbons (Fsp3) is 0.721. The van der Waals surface area contributed by atoms with Gasteiger partial charge in [-0.3, -0.25) is 57.7 Å². The largest absolute Gasteiger partial charge is 0.481 e. The third-order valence-electron chi connectivity index (χ3n) is 17.0. The highest BCUT2D eigenvalue weighted by molar-refractivity contribution is 5.99. The van der Waals surface area contributed by atoms with Gasteiger partial charge < -0.3 is 89.8 Å². The van der Waals surface area contributed by atoms with Crippen LogP contribution in [0.25, 0.3) is 0 Å². The monoisotopic (exact) mass is 1280 g/mol. The van der Waals surface area contributed by atoms with Crippen molar-refractivity contribution < 1.29 is 68.1 Å². The lowest BCUT2D eigenvalue weighted by Gasteiger charge is -2.32. The first kappa shape index (κ1) is 73.8. The summed E-state index contributed by atoms with van der Waals surface area (Å²) in [5.41, 5.74) is 12.5. The second-order valence-electron chi connectivity index (χ2n) is 25.4. The fourth-order valence-electron chi connectivity index (χ4n) is 12.4. The predicted molar refractivity (Wildman–Crippen MR) is 334 cm³/mol. The Hall–Kier alpha value is -7.89. The summed E-state index contributed by atoms with van der Waals surface area (Å²) in [6.45, 7) is 10.1. The van der Waals surface area contributed by atoms with E-state index in [9.17, 15) is 58.2 Å². The van der Waals surface area contributed by atoms with Crippen LogP contribution in [0.1, 0.15) is 163 Å². The number of fused-ring (bicyclic) bond motifs is 1. The Morgan fingerprint density at radius 2 is 1.26 bits per heavy atom. The van der Waals surface area contributed by atoms with Crippen LogP contribution < -0.4 is 64.6 Å². The molecule has 30 nitrogen and oxygen atoms in total. The Morgan fingerprint density at radius 1 is 0.703 bits per heavy atom. The fourth-order valence-corrected chi connectivity index (χ4v) is 12.4. The Balaban J connectivity index is 0.00000365. The number of nitrogens with one attached hydrogen (secondary N) is 11. The van der Waals surface area contributed by atoms with Crippen LogP contribution in [0.15, 0.2) is 29.3 Å². The third-order valence-corrected chi connectivity index (χ3v) is 17.0. The quantitative estimate of drug-likeness (QED) is 0.0218. The molecule has 11 unspecified atom stereocenters. The molecule has 2 saturated heterocycles. The summed E-state index contributed by atoms with van der Waals surface area (Å²) >= 11 is 0. The number of carbonyl (C=O) groups excluding carboxylic acids is 10. The van der Waals surface area contributed by atoms with Crippen LogP contribution in [0, 0.1) is 23.7 Å². The second kappa shape index (κ2) is 36.8. The van der Waals surface area contributed by atoms with Crippen LogP contribution in [0.2, 0.25) is 0 Å². The molecule has 0 bridgehead atoms. The minimum atomic E-state index is -1.66. The molecule has 6 rings (SSSR count). The zero-order valence-corrected chi connectivity index (χ0v) is 53.5. The van der Waals surface area contributed by atoms with Gasteiger partial charge in [-0.2, -0.15) is 0 Å². The molecule has 1 aromatic heterocycles. The van der Waals surface area contributed by atoms with Gasteiger partial charge in [0.1, 0.15) is 54.4 Å². The maximum absolute atomic E-state index is 14.8. The van der Waals surface area contributed by atoms with Crippen molar-refractivity contribution in [1.82, 2.24) is 68.0 Å². The highest BCUT2D eigenvalue weighted by atomic mass is 16.4. The highest BCUT2D eigenvalue weighted by Gasteiger charge is 2.41. The molecule has 4 fully saturated rings. The highest BCUT2D eigenvalue weighted by Crippen LogP contribution is 2.36. The molecule has 18 N–H and O–H groups in total. The molecule has 0 radical (unpaired) electrons. The second-order valence-corrected chi connectivity index (χ2v) is 25.4. The van der Waals surface area contributed by atoms with Gasteiger partial charge in [-0.1, -0.05) is 40.5 Å². The molecule has 91 heavy (non-hydrogen) atoms. The molecule has 3 aliphatic heterocycles. The number of carbonyl (C=O) groups is 11. The molecule has 2 aliphatic carbocycles. The summed E-state index contributed by atoms with van der Waals surface area (Å²) in [4.78, 5) is 162. The first-order valence-corrected chi connectivity index (χ1v) is 32.2. The summed E-state index contributed by atoms with van der Waals surface area (Å²) in [5, 5.41) is 56.8. The number of likely N-dealkylation sites (N-methyl/N-ethyl adjacent to an activating group) is 1. The number of amides is 10. The van der Waals surface area contributed by atoms with E-state index in [-0.39, 0.29) is 105 Å². The van der Waals surface area contributed by atoms with E-state index in [4.69, 9.17) is 21.4 Å². The van der Waals surface area contributed by atoms with E-state index in [2.05, 4.69) is 68.1 Å². The zero-order chi connectivity index (χ0) is 66.9. The van der Waals surface area contributed by atoms with Gasteiger partial charge in [0.15, 0.2) is 5.96 Å². The number of nitrogens with two attached hydrogens (primary N) is 2. The minimum absolute atomic E-state index is 0.00407. The number of carboxylic acids is 1. The van der Waals surface area contributed by atoms with E-state index in [0.29, 0.717) is 63.7 Å². The number of hydrogen-bond acceptors (Lipinski definition) is 16. The van der Waals surface area contributed by atoms with Crippen molar-refractivity contribution in [2.24, 2.45) is 40.1 Å². The Kier molecular flexibility index (Phi) is 29.9. The normalized spacial score (nSPS) is 22.4. The van der Waals surface area contributed by atoms with Gasteiger partial charge in [0.25, 0.3) is 5.97 Å². The number of carboxylic acid groups (broad SMARTS) is 1. The summed E-state index contributed by atoms with van der Waals surface area (Å²) in [7, 11) is 0. The Bertz CT molecular complexity index is 2690. The van der Waals surface area contributed by atoms with Crippen molar-refractivity contribution in [3.63, 3.8) is 0 Å². The minimum Gasteiger partial charge on any atom is -0.481 e. The van der Waals surface area contributed by atoms with Gasteiger partial charge in [-0.05, 0) is 133 Å². The number of nitrogens with zero attached hydrogens (tertiary/aromatic N) is 3. The van der Waals surface area contributed by atoms with Crippen LogP contribution in [-0.4, -0.2) is 194 Å². The Labute approximate surface area is 531 Å². The predicted octanol–water partition coefficient (Wildman–Crippen LogP) is -1.64. The van der Waals surface area contributed by atoms with Crippen LogP contribution >= 0.6 is 0 Å². The van der Waals surface area contributed by atoms with E-state index in [0.717, 1.165) is 38.2 Å². The van der Waals surface area contributed by atoms with Crippen LogP contribution in [0.3, 0.4) is 0 Å². The summed E-state index contributed by atoms with van der Waals surface area (Å²) in [6.07, 6.45) is 11.8. The van der Waals surface area contributed by atoms with Crippen LogP contribution in [0.5, 0.6) is 0 Å². The first-order chi connectivity index (χ1) is 43.3. The standard InChI is InChI=1S/C59H96N16O12.C2H4O2/c1-6-63-57(86)48-14-10-22-75(48)58(87)41(13-9-21-64-59(60)61)68-51(80)42(23-32(2)3)69-52(81)43(24-33(4)5)70-53(82)44(25-34-15-17-37(77)18-16-34)71-56(85)47(30-76)74-54(83)45(26-35-28-65-39-12-8-7-11-38(35)39)72-55(84)46(27-36-29-62-31-66-36)73-50(79)40-19-20-49(78)67-40;1-2(3)4/h28-29,31-34,37-48,65,76-77H,6-27,30H2,1-5H3,(H,62,66)(H,63,86)(H,67,78)(H,68,80)(H,69,81)(H,70,82)(H,71,85)(H,72,84)(H,73,79)(H,74,83)(H4,60,61,64);1H3,(H,3,4). The number of aromatic nitrogens is 2. The molecule has 0 spiro atoms. The van der Waals surface area contributed by atoms with Crippen LogP contribution in [0.4, 0.5) is 0 Å². The van der Waals surface area contributed by atoms with E-state index >= 15 is 0 Å². The number of aromatic amines is 1. The molecule has 10 amide bonds. The molecular weight excluding hydrogens is 1180 g/mol. The lowest BCUT2D eigenvalue weighted by atomic mass is 9.80. The third kappa shape index (κ3) is 24.0. The molecule has 2 saturated carbocycles. The maximum atomic E-state index is 14.8. The first-order valence-electron chi connectivity index (χ1n) is 32.2.